The molecule has 2 aromatic rings. The first-order chi connectivity index (χ1) is 8.93. The van der Waals surface area contributed by atoms with E-state index in [1.165, 1.54) is 0 Å². The predicted molar refractivity (Wildman–Crippen MR) is 71.5 cm³/mol. The number of aromatic amines is 1. The van der Waals surface area contributed by atoms with Crippen LogP contribution in [0.1, 0.15) is 6.42 Å². The summed E-state index contributed by atoms with van der Waals surface area (Å²) in [5.74, 6) is 0.970. The topological polar surface area (TPSA) is 56.8 Å². The molecule has 1 saturated heterocycles. The van der Waals surface area contributed by atoms with Crippen molar-refractivity contribution in [3.8, 4) is 11.3 Å². The minimum atomic E-state index is 0.910. The molecule has 0 aromatic carbocycles. The lowest BCUT2D eigenvalue weighted by atomic mass is 10.2. The van der Waals surface area contributed by atoms with Crippen LogP contribution >= 0.6 is 0 Å². The Morgan fingerprint density at radius 3 is 2.83 bits per heavy atom. The van der Waals surface area contributed by atoms with Crippen molar-refractivity contribution in [1.82, 2.24) is 20.5 Å². The zero-order valence-electron chi connectivity index (χ0n) is 10.3. The minimum absolute atomic E-state index is 0.910. The molecule has 5 heteroatoms. The second kappa shape index (κ2) is 5.18. The van der Waals surface area contributed by atoms with Crippen molar-refractivity contribution in [3.63, 3.8) is 0 Å². The largest absolute Gasteiger partial charge is 0.367 e. The molecular formula is C13H17N5. The Hall–Kier alpha value is -1.88. The normalized spacial score (nSPS) is 16.6. The summed E-state index contributed by atoms with van der Waals surface area (Å²) in [6, 6.07) is 6.09. The summed E-state index contributed by atoms with van der Waals surface area (Å²) in [6.45, 7) is 4.15. The van der Waals surface area contributed by atoms with Gasteiger partial charge in [-0.3, -0.25) is 0 Å². The molecule has 0 spiro atoms. The fraction of sp³-hybridized carbons (Fsp3) is 0.385. The number of anilines is 1. The van der Waals surface area contributed by atoms with Crippen LogP contribution in [0.15, 0.2) is 30.6 Å². The molecule has 0 bridgehead atoms. The van der Waals surface area contributed by atoms with Gasteiger partial charge in [0.05, 0.1) is 5.69 Å². The SMILES string of the molecule is c1cc(-c2ccc(N3CCCNCC3)nn2)c[nH]1. The van der Waals surface area contributed by atoms with Crippen LogP contribution in [0.3, 0.4) is 0 Å². The molecule has 0 atom stereocenters. The molecule has 3 heterocycles. The van der Waals surface area contributed by atoms with Gasteiger partial charge in [-0.2, -0.15) is 0 Å². The molecule has 1 aliphatic heterocycles. The molecule has 2 N–H and O–H groups in total. The van der Waals surface area contributed by atoms with Crippen LogP contribution in [0.4, 0.5) is 5.82 Å². The number of rotatable bonds is 2. The fourth-order valence-electron chi connectivity index (χ4n) is 2.21. The Morgan fingerprint density at radius 1 is 1.06 bits per heavy atom. The maximum atomic E-state index is 4.33. The number of nitrogens with one attached hydrogen (secondary N) is 2. The van der Waals surface area contributed by atoms with Gasteiger partial charge in [0.1, 0.15) is 0 Å². The first kappa shape index (κ1) is 11.2. The number of hydrogen-bond donors (Lipinski definition) is 2. The summed E-state index contributed by atoms with van der Waals surface area (Å²) in [7, 11) is 0. The summed E-state index contributed by atoms with van der Waals surface area (Å²) in [4.78, 5) is 5.31. The van der Waals surface area contributed by atoms with E-state index in [2.05, 4.69) is 31.5 Å². The Kier molecular flexibility index (Phi) is 3.23. The standard InChI is InChI=1S/C13H17N5/c1-5-14-7-9-18(8-1)13-3-2-12(16-17-13)11-4-6-15-10-11/h2-4,6,10,14-15H,1,5,7-9H2. The molecule has 0 aliphatic carbocycles. The van der Waals surface area contributed by atoms with Crippen molar-refractivity contribution in [1.29, 1.82) is 0 Å². The fourth-order valence-corrected chi connectivity index (χ4v) is 2.21. The van der Waals surface area contributed by atoms with Gasteiger partial charge in [0.2, 0.25) is 0 Å². The average Bonchev–Trinajstić information content (AvgIpc) is 2.82. The first-order valence-electron chi connectivity index (χ1n) is 6.36. The van der Waals surface area contributed by atoms with E-state index >= 15 is 0 Å². The van der Waals surface area contributed by atoms with Crippen LogP contribution in [0.2, 0.25) is 0 Å². The van der Waals surface area contributed by atoms with Gasteiger partial charge in [-0.15, -0.1) is 10.2 Å². The van der Waals surface area contributed by atoms with Gasteiger partial charge in [0, 0.05) is 37.6 Å². The highest BCUT2D eigenvalue weighted by Crippen LogP contribution is 2.18. The monoisotopic (exact) mass is 243 g/mol. The molecule has 1 aliphatic rings. The quantitative estimate of drug-likeness (QED) is 0.834. The van der Waals surface area contributed by atoms with Crippen molar-refractivity contribution in [2.45, 2.75) is 6.42 Å². The Balaban J connectivity index is 1.78. The number of H-pyrrole nitrogens is 1. The minimum Gasteiger partial charge on any atom is -0.367 e. The number of aromatic nitrogens is 3. The lowest BCUT2D eigenvalue weighted by molar-refractivity contribution is 0.724. The van der Waals surface area contributed by atoms with Gasteiger partial charge in [0.15, 0.2) is 5.82 Å². The van der Waals surface area contributed by atoms with Crippen LogP contribution in [-0.4, -0.2) is 41.4 Å². The zero-order valence-corrected chi connectivity index (χ0v) is 10.3. The van der Waals surface area contributed by atoms with Crippen LogP contribution < -0.4 is 10.2 Å². The molecular weight excluding hydrogens is 226 g/mol. The average molecular weight is 243 g/mol. The van der Waals surface area contributed by atoms with Crippen LogP contribution in [0.25, 0.3) is 11.3 Å². The lowest BCUT2D eigenvalue weighted by Gasteiger charge is -2.20. The van der Waals surface area contributed by atoms with E-state index in [1.54, 1.807) is 0 Å². The van der Waals surface area contributed by atoms with E-state index < -0.39 is 0 Å². The molecule has 0 unspecified atom stereocenters. The highest BCUT2D eigenvalue weighted by molar-refractivity contribution is 5.58. The first-order valence-corrected chi connectivity index (χ1v) is 6.36. The van der Waals surface area contributed by atoms with Crippen molar-refractivity contribution in [2.75, 3.05) is 31.1 Å². The maximum Gasteiger partial charge on any atom is 0.151 e. The smallest absolute Gasteiger partial charge is 0.151 e. The Labute approximate surface area is 106 Å². The summed E-state index contributed by atoms with van der Waals surface area (Å²) in [6.07, 6.45) is 4.98. The van der Waals surface area contributed by atoms with Crippen LogP contribution in [0, 0.1) is 0 Å². The number of hydrogen-bond acceptors (Lipinski definition) is 4. The third-order valence-corrected chi connectivity index (χ3v) is 3.21. The Bertz CT molecular complexity index is 469. The third kappa shape index (κ3) is 2.36. The van der Waals surface area contributed by atoms with Crippen molar-refractivity contribution >= 4 is 5.82 Å². The molecule has 1 fully saturated rings. The van der Waals surface area contributed by atoms with E-state index in [-0.39, 0.29) is 0 Å². The third-order valence-electron chi connectivity index (χ3n) is 3.21. The summed E-state index contributed by atoms with van der Waals surface area (Å²) < 4.78 is 0. The van der Waals surface area contributed by atoms with Crippen LogP contribution in [-0.2, 0) is 0 Å². The summed E-state index contributed by atoms with van der Waals surface area (Å²) in [5.41, 5.74) is 1.99. The van der Waals surface area contributed by atoms with Gasteiger partial charge in [-0.25, -0.2) is 0 Å². The second-order valence-electron chi connectivity index (χ2n) is 4.47. The van der Waals surface area contributed by atoms with Crippen LogP contribution in [0.5, 0.6) is 0 Å². The molecule has 5 nitrogen and oxygen atoms in total. The van der Waals surface area contributed by atoms with Gasteiger partial charge in [0.25, 0.3) is 0 Å². The maximum absolute atomic E-state index is 4.33. The van der Waals surface area contributed by atoms with E-state index in [1.807, 2.05) is 24.5 Å². The number of nitrogens with zero attached hydrogens (tertiary/aromatic N) is 3. The summed E-state index contributed by atoms with van der Waals surface area (Å²) >= 11 is 0. The molecule has 0 radical (unpaired) electrons. The molecule has 0 amide bonds. The van der Waals surface area contributed by atoms with E-state index in [4.69, 9.17) is 0 Å². The lowest BCUT2D eigenvalue weighted by Crippen LogP contribution is -2.28. The molecule has 0 saturated carbocycles. The molecule has 2 aromatic heterocycles. The highest BCUT2D eigenvalue weighted by Gasteiger charge is 2.11. The van der Waals surface area contributed by atoms with E-state index in [9.17, 15) is 0 Å². The highest BCUT2D eigenvalue weighted by atomic mass is 15.3. The van der Waals surface area contributed by atoms with Crippen molar-refractivity contribution in [3.05, 3.63) is 30.6 Å². The second-order valence-corrected chi connectivity index (χ2v) is 4.47. The van der Waals surface area contributed by atoms with Crippen molar-refractivity contribution < 1.29 is 0 Å². The van der Waals surface area contributed by atoms with Gasteiger partial charge in [-0.05, 0) is 31.2 Å². The molecule has 18 heavy (non-hydrogen) atoms. The molecule has 94 valence electrons. The van der Waals surface area contributed by atoms with Crippen molar-refractivity contribution in [2.24, 2.45) is 0 Å². The molecule has 3 rings (SSSR count). The van der Waals surface area contributed by atoms with Gasteiger partial charge < -0.3 is 15.2 Å². The van der Waals surface area contributed by atoms with E-state index in [0.29, 0.717) is 0 Å². The Morgan fingerprint density at radius 2 is 2.06 bits per heavy atom. The summed E-state index contributed by atoms with van der Waals surface area (Å²) in [5, 5.41) is 12.0. The zero-order chi connectivity index (χ0) is 12.2. The van der Waals surface area contributed by atoms with E-state index in [0.717, 1.165) is 49.7 Å². The predicted octanol–water partition coefficient (Wildman–Crippen LogP) is 1.27. The van der Waals surface area contributed by atoms with Gasteiger partial charge >= 0.3 is 0 Å². The van der Waals surface area contributed by atoms with Gasteiger partial charge in [-0.1, -0.05) is 0 Å².